The molecule has 1 N–H and O–H groups in total. The zero-order chi connectivity index (χ0) is 13.0. The molecule has 0 aliphatic heterocycles. The van der Waals surface area contributed by atoms with E-state index in [9.17, 15) is 0 Å². The molecule has 2 atom stereocenters. The van der Waals surface area contributed by atoms with Crippen LogP contribution in [0.2, 0.25) is 0 Å². The van der Waals surface area contributed by atoms with E-state index in [2.05, 4.69) is 5.32 Å². The van der Waals surface area contributed by atoms with Gasteiger partial charge in [0.15, 0.2) is 0 Å². The fraction of sp³-hybridized carbons (Fsp3) is 0.600. The van der Waals surface area contributed by atoms with Crippen LogP contribution in [0.25, 0.3) is 0 Å². The number of ether oxygens (including phenoxy) is 2. The van der Waals surface area contributed by atoms with E-state index in [1.54, 1.807) is 14.2 Å². The summed E-state index contributed by atoms with van der Waals surface area (Å²) in [5.41, 5.74) is 1.24. The SMILES string of the molecule is CNC1CCCC(c2c(OC)cccc2OC)C1. The lowest BCUT2D eigenvalue weighted by atomic mass is 9.80. The van der Waals surface area contributed by atoms with Gasteiger partial charge in [-0.2, -0.15) is 0 Å². The van der Waals surface area contributed by atoms with Gasteiger partial charge in [-0.3, -0.25) is 0 Å². The van der Waals surface area contributed by atoms with Gasteiger partial charge in [0.2, 0.25) is 0 Å². The topological polar surface area (TPSA) is 30.5 Å². The maximum atomic E-state index is 5.51. The first-order valence-corrected chi connectivity index (χ1v) is 6.68. The Kier molecular flexibility index (Phi) is 4.48. The molecule has 0 heterocycles. The second kappa shape index (κ2) is 6.10. The van der Waals surface area contributed by atoms with Gasteiger partial charge in [0.25, 0.3) is 0 Å². The molecule has 2 rings (SSSR count). The Bertz CT molecular complexity index is 370. The minimum Gasteiger partial charge on any atom is -0.496 e. The van der Waals surface area contributed by atoms with Crippen LogP contribution in [0.15, 0.2) is 18.2 Å². The summed E-state index contributed by atoms with van der Waals surface area (Å²) < 4.78 is 11.0. The summed E-state index contributed by atoms with van der Waals surface area (Å²) in [5.74, 6) is 2.44. The number of rotatable bonds is 4. The molecule has 0 bridgehead atoms. The summed E-state index contributed by atoms with van der Waals surface area (Å²) in [6.07, 6.45) is 4.91. The predicted octanol–water partition coefficient (Wildman–Crippen LogP) is 2.95. The Morgan fingerprint density at radius 1 is 1.11 bits per heavy atom. The molecule has 1 aromatic rings. The first-order valence-electron chi connectivity index (χ1n) is 6.68. The second-order valence-corrected chi connectivity index (χ2v) is 4.93. The molecule has 1 saturated carbocycles. The summed E-state index contributed by atoms with van der Waals surface area (Å²) >= 11 is 0. The Labute approximate surface area is 109 Å². The van der Waals surface area contributed by atoms with Crippen LogP contribution in [0.5, 0.6) is 11.5 Å². The Balaban J connectivity index is 2.30. The molecule has 1 aliphatic carbocycles. The smallest absolute Gasteiger partial charge is 0.126 e. The molecule has 1 aromatic carbocycles. The van der Waals surface area contributed by atoms with Crippen molar-refractivity contribution in [3.05, 3.63) is 23.8 Å². The highest BCUT2D eigenvalue weighted by Gasteiger charge is 2.27. The highest BCUT2D eigenvalue weighted by Crippen LogP contribution is 2.42. The van der Waals surface area contributed by atoms with Crippen molar-refractivity contribution in [2.75, 3.05) is 21.3 Å². The van der Waals surface area contributed by atoms with Gasteiger partial charge in [-0.1, -0.05) is 12.5 Å². The predicted molar refractivity (Wildman–Crippen MR) is 73.6 cm³/mol. The average molecular weight is 249 g/mol. The number of benzene rings is 1. The molecule has 100 valence electrons. The van der Waals surface area contributed by atoms with Crippen LogP contribution in [-0.2, 0) is 0 Å². The lowest BCUT2D eigenvalue weighted by molar-refractivity contribution is 0.328. The summed E-state index contributed by atoms with van der Waals surface area (Å²) in [5, 5.41) is 3.40. The monoisotopic (exact) mass is 249 g/mol. The summed E-state index contributed by atoms with van der Waals surface area (Å²) in [7, 11) is 5.51. The van der Waals surface area contributed by atoms with E-state index in [1.165, 1.54) is 24.8 Å². The third-order valence-corrected chi connectivity index (χ3v) is 3.96. The lowest BCUT2D eigenvalue weighted by Gasteiger charge is -2.30. The number of methoxy groups -OCH3 is 2. The van der Waals surface area contributed by atoms with Crippen molar-refractivity contribution in [2.24, 2.45) is 0 Å². The van der Waals surface area contributed by atoms with Crippen LogP contribution < -0.4 is 14.8 Å². The molecule has 3 heteroatoms. The van der Waals surface area contributed by atoms with Crippen LogP contribution >= 0.6 is 0 Å². The highest BCUT2D eigenvalue weighted by molar-refractivity contribution is 5.47. The summed E-state index contributed by atoms with van der Waals surface area (Å²) in [4.78, 5) is 0. The average Bonchev–Trinajstić information content (AvgIpc) is 2.46. The number of hydrogen-bond donors (Lipinski definition) is 1. The van der Waals surface area contributed by atoms with Gasteiger partial charge >= 0.3 is 0 Å². The van der Waals surface area contributed by atoms with Gasteiger partial charge in [0, 0.05) is 11.6 Å². The third-order valence-electron chi connectivity index (χ3n) is 3.96. The van der Waals surface area contributed by atoms with E-state index in [1.807, 2.05) is 25.2 Å². The van der Waals surface area contributed by atoms with Gasteiger partial charge in [0.05, 0.1) is 14.2 Å². The van der Waals surface area contributed by atoms with Crippen molar-refractivity contribution in [2.45, 2.75) is 37.6 Å². The quantitative estimate of drug-likeness (QED) is 0.890. The molecule has 0 amide bonds. The summed E-state index contributed by atoms with van der Waals surface area (Å²) in [6, 6.07) is 6.65. The molecule has 1 aliphatic rings. The Morgan fingerprint density at radius 3 is 2.33 bits per heavy atom. The van der Waals surface area contributed by atoms with E-state index in [-0.39, 0.29) is 0 Å². The van der Waals surface area contributed by atoms with E-state index in [0.717, 1.165) is 17.9 Å². The normalized spacial score (nSPS) is 23.7. The van der Waals surface area contributed by atoms with Gasteiger partial charge in [-0.25, -0.2) is 0 Å². The fourth-order valence-corrected chi connectivity index (χ4v) is 3.00. The molecular weight excluding hydrogens is 226 g/mol. The van der Waals surface area contributed by atoms with E-state index in [4.69, 9.17) is 9.47 Å². The molecule has 2 unspecified atom stereocenters. The van der Waals surface area contributed by atoms with Crippen molar-refractivity contribution in [3.8, 4) is 11.5 Å². The minimum atomic E-state index is 0.530. The van der Waals surface area contributed by atoms with Crippen molar-refractivity contribution in [3.63, 3.8) is 0 Å². The Hall–Kier alpha value is -1.22. The van der Waals surface area contributed by atoms with E-state index < -0.39 is 0 Å². The van der Waals surface area contributed by atoms with E-state index in [0.29, 0.717) is 12.0 Å². The van der Waals surface area contributed by atoms with Gasteiger partial charge in [0.1, 0.15) is 11.5 Å². The molecule has 0 spiro atoms. The van der Waals surface area contributed by atoms with Crippen LogP contribution in [0.4, 0.5) is 0 Å². The van der Waals surface area contributed by atoms with Crippen molar-refractivity contribution in [1.82, 2.24) is 5.32 Å². The molecule has 1 fully saturated rings. The van der Waals surface area contributed by atoms with Gasteiger partial charge in [-0.05, 0) is 44.4 Å². The molecule has 0 saturated heterocycles. The zero-order valence-electron chi connectivity index (χ0n) is 11.5. The molecule has 0 radical (unpaired) electrons. The zero-order valence-corrected chi connectivity index (χ0v) is 11.5. The third kappa shape index (κ3) is 2.61. The highest BCUT2D eigenvalue weighted by atomic mass is 16.5. The maximum absolute atomic E-state index is 5.51. The first kappa shape index (κ1) is 13.2. The Morgan fingerprint density at radius 2 is 1.78 bits per heavy atom. The lowest BCUT2D eigenvalue weighted by Crippen LogP contribution is -2.30. The minimum absolute atomic E-state index is 0.530. The van der Waals surface area contributed by atoms with Gasteiger partial charge in [-0.15, -0.1) is 0 Å². The van der Waals surface area contributed by atoms with Crippen molar-refractivity contribution in [1.29, 1.82) is 0 Å². The van der Waals surface area contributed by atoms with Crippen molar-refractivity contribution < 1.29 is 9.47 Å². The second-order valence-electron chi connectivity index (χ2n) is 4.93. The fourth-order valence-electron chi connectivity index (χ4n) is 3.00. The largest absolute Gasteiger partial charge is 0.496 e. The number of hydrogen-bond acceptors (Lipinski definition) is 3. The maximum Gasteiger partial charge on any atom is 0.126 e. The van der Waals surface area contributed by atoms with Crippen LogP contribution in [0.1, 0.15) is 37.2 Å². The van der Waals surface area contributed by atoms with Crippen LogP contribution in [0.3, 0.4) is 0 Å². The van der Waals surface area contributed by atoms with Gasteiger partial charge < -0.3 is 14.8 Å². The standard InChI is InChI=1S/C15H23NO2/c1-16-12-7-4-6-11(10-12)15-13(17-2)8-5-9-14(15)18-3/h5,8-9,11-12,16H,4,6-7,10H2,1-3H3. The van der Waals surface area contributed by atoms with Crippen LogP contribution in [0, 0.1) is 0 Å². The molecule has 3 nitrogen and oxygen atoms in total. The summed E-state index contributed by atoms with van der Waals surface area (Å²) in [6.45, 7) is 0. The van der Waals surface area contributed by atoms with Crippen LogP contribution in [-0.4, -0.2) is 27.3 Å². The number of nitrogens with one attached hydrogen (secondary N) is 1. The van der Waals surface area contributed by atoms with E-state index >= 15 is 0 Å². The van der Waals surface area contributed by atoms with Crippen molar-refractivity contribution >= 4 is 0 Å². The molecule has 0 aromatic heterocycles. The molecule has 18 heavy (non-hydrogen) atoms. The molecular formula is C15H23NO2. The first-order chi connectivity index (χ1) is 8.80.